The monoisotopic (exact) mass is 338 g/mol. The van der Waals surface area contributed by atoms with Crippen molar-refractivity contribution in [2.24, 2.45) is 0 Å². The van der Waals surface area contributed by atoms with Gasteiger partial charge in [-0.25, -0.2) is 0 Å². The third-order valence-corrected chi connectivity index (χ3v) is 4.50. The van der Waals surface area contributed by atoms with Gasteiger partial charge in [0, 0.05) is 23.2 Å². The lowest BCUT2D eigenvalue weighted by Gasteiger charge is -2.36. The molecule has 4 rings (SSSR count). The summed E-state index contributed by atoms with van der Waals surface area (Å²) in [5, 5.41) is 10.9. The van der Waals surface area contributed by atoms with Gasteiger partial charge in [0.2, 0.25) is 0 Å². The van der Waals surface area contributed by atoms with Crippen LogP contribution in [0.4, 0.5) is 5.69 Å². The van der Waals surface area contributed by atoms with Crippen molar-refractivity contribution >= 4 is 23.2 Å². The molecule has 120 valence electrons. The first-order valence-corrected chi connectivity index (χ1v) is 7.95. The van der Waals surface area contributed by atoms with Crippen LogP contribution in [0.1, 0.15) is 22.1 Å². The lowest BCUT2D eigenvalue weighted by molar-refractivity contribution is 0.0928. The van der Waals surface area contributed by atoms with Crippen molar-refractivity contribution < 1.29 is 4.79 Å². The van der Waals surface area contributed by atoms with E-state index < -0.39 is 0 Å². The molecule has 0 saturated carbocycles. The van der Waals surface area contributed by atoms with E-state index in [1.54, 1.807) is 6.20 Å². The van der Waals surface area contributed by atoms with Crippen molar-refractivity contribution in [1.29, 1.82) is 0 Å². The Morgan fingerprint density at radius 3 is 2.83 bits per heavy atom. The molecule has 6 heteroatoms. The first-order valence-electron chi connectivity index (χ1n) is 7.57. The van der Waals surface area contributed by atoms with Gasteiger partial charge < -0.3 is 10.2 Å². The van der Waals surface area contributed by atoms with Crippen LogP contribution in [0.3, 0.4) is 0 Å². The van der Waals surface area contributed by atoms with E-state index in [1.165, 1.54) is 0 Å². The number of aromatic nitrogens is 2. The number of carbonyl (C=O) groups is 1. The van der Waals surface area contributed by atoms with E-state index >= 15 is 0 Å². The number of anilines is 1. The number of para-hydroxylation sites is 1. The molecule has 2 heterocycles. The Labute approximate surface area is 144 Å². The standard InChI is InChI=1S/C18H15ClN4O/c1-23-15-8-3-2-7-13(15)18(24)21-17(23)14-10-20-22-16(14)11-5-4-6-12(19)9-11/h2-10,17H,1H3,(H,20,22)(H,21,24). The van der Waals surface area contributed by atoms with E-state index in [2.05, 4.69) is 15.5 Å². The molecular formula is C18H15ClN4O. The normalized spacial score (nSPS) is 16.7. The number of aromatic amines is 1. The molecule has 1 aliphatic rings. The summed E-state index contributed by atoms with van der Waals surface area (Å²) in [4.78, 5) is 14.5. The molecule has 1 unspecified atom stereocenters. The molecule has 0 saturated heterocycles. The van der Waals surface area contributed by atoms with Crippen molar-refractivity contribution in [2.45, 2.75) is 6.17 Å². The number of rotatable bonds is 2. The van der Waals surface area contributed by atoms with Gasteiger partial charge in [0.15, 0.2) is 0 Å². The number of benzene rings is 2. The van der Waals surface area contributed by atoms with Gasteiger partial charge >= 0.3 is 0 Å². The van der Waals surface area contributed by atoms with Crippen LogP contribution in [-0.2, 0) is 0 Å². The number of nitrogens with zero attached hydrogens (tertiary/aromatic N) is 2. The molecule has 3 aromatic rings. The van der Waals surface area contributed by atoms with Gasteiger partial charge in [-0.3, -0.25) is 9.89 Å². The summed E-state index contributed by atoms with van der Waals surface area (Å²) in [5.74, 6) is -0.0908. The fourth-order valence-corrected chi connectivity index (χ4v) is 3.27. The van der Waals surface area contributed by atoms with Gasteiger partial charge in [-0.15, -0.1) is 0 Å². The first-order chi connectivity index (χ1) is 11.6. The Kier molecular flexibility index (Phi) is 3.50. The highest BCUT2D eigenvalue weighted by atomic mass is 35.5. The van der Waals surface area contributed by atoms with Crippen LogP contribution in [0, 0.1) is 0 Å². The zero-order valence-electron chi connectivity index (χ0n) is 13.0. The maximum absolute atomic E-state index is 12.4. The average Bonchev–Trinajstić information content (AvgIpc) is 3.08. The highest BCUT2D eigenvalue weighted by molar-refractivity contribution is 6.30. The summed E-state index contributed by atoms with van der Waals surface area (Å²) in [6, 6.07) is 15.1. The minimum absolute atomic E-state index is 0.0908. The maximum atomic E-state index is 12.4. The second-order valence-corrected chi connectivity index (χ2v) is 6.15. The number of H-pyrrole nitrogens is 1. The topological polar surface area (TPSA) is 61.0 Å². The minimum atomic E-state index is -0.305. The predicted octanol–water partition coefficient (Wildman–Crippen LogP) is 3.61. The van der Waals surface area contributed by atoms with Crippen LogP contribution in [0.5, 0.6) is 0 Å². The van der Waals surface area contributed by atoms with E-state index in [4.69, 9.17) is 11.6 Å². The number of carbonyl (C=O) groups excluding carboxylic acids is 1. The van der Waals surface area contributed by atoms with Crippen LogP contribution in [0.2, 0.25) is 5.02 Å². The zero-order valence-corrected chi connectivity index (χ0v) is 13.7. The van der Waals surface area contributed by atoms with Crippen molar-refractivity contribution in [3.8, 4) is 11.3 Å². The molecule has 24 heavy (non-hydrogen) atoms. The Balaban J connectivity index is 1.79. The maximum Gasteiger partial charge on any atom is 0.255 e. The highest BCUT2D eigenvalue weighted by Crippen LogP contribution is 2.35. The van der Waals surface area contributed by atoms with Crippen LogP contribution >= 0.6 is 11.6 Å². The molecule has 0 radical (unpaired) electrons. The summed E-state index contributed by atoms with van der Waals surface area (Å²) < 4.78 is 0. The first kappa shape index (κ1) is 14.8. The van der Waals surface area contributed by atoms with E-state index in [0.29, 0.717) is 10.6 Å². The molecule has 1 aliphatic heterocycles. The van der Waals surface area contributed by atoms with Crippen LogP contribution in [-0.4, -0.2) is 23.2 Å². The quantitative estimate of drug-likeness (QED) is 0.750. The zero-order chi connectivity index (χ0) is 16.7. The molecule has 0 spiro atoms. The Morgan fingerprint density at radius 2 is 2.00 bits per heavy atom. The van der Waals surface area contributed by atoms with Gasteiger partial charge in [0.25, 0.3) is 5.91 Å². The Morgan fingerprint density at radius 1 is 1.17 bits per heavy atom. The molecular weight excluding hydrogens is 324 g/mol. The van der Waals surface area contributed by atoms with E-state index in [0.717, 1.165) is 22.5 Å². The number of hydrogen-bond acceptors (Lipinski definition) is 3. The summed E-state index contributed by atoms with van der Waals surface area (Å²) in [6.45, 7) is 0. The minimum Gasteiger partial charge on any atom is -0.350 e. The van der Waals surface area contributed by atoms with Gasteiger partial charge in [0.05, 0.1) is 23.1 Å². The second kappa shape index (κ2) is 5.69. The van der Waals surface area contributed by atoms with E-state index in [1.807, 2.05) is 60.5 Å². The number of fused-ring (bicyclic) bond motifs is 1. The summed E-state index contributed by atoms with van der Waals surface area (Å²) in [7, 11) is 1.96. The number of hydrogen-bond donors (Lipinski definition) is 2. The van der Waals surface area contributed by atoms with Gasteiger partial charge in [0.1, 0.15) is 6.17 Å². The lowest BCUT2D eigenvalue weighted by Crippen LogP contribution is -2.44. The molecule has 2 aromatic carbocycles. The van der Waals surface area contributed by atoms with E-state index in [-0.39, 0.29) is 12.1 Å². The van der Waals surface area contributed by atoms with Crippen LogP contribution in [0.25, 0.3) is 11.3 Å². The fraction of sp³-hybridized carbons (Fsp3) is 0.111. The molecule has 0 fully saturated rings. The van der Waals surface area contributed by atoms with E-state index in [9.17, 15) is 4.79 Å². The highest BCUT2D eigenvalue weighted by Gasteiger charge is 2.31. The predicted molar refractivity (Wildman–Crippen MR) is 94.1 cm³/mol. The Hall–Kier alpha value is -2.79. The molecule has 5 nitrogen and oxygen atoms in total. The van der Waals surface area contributed by atoms with Crippen molar-refractivity contribution in [1.82, 2.24) is 15.5 Å². The van der Waals surface area contributed by atoms with Crippen LogP contribution in [0.15, 0.2) is 54.7 Å². The van der Waals surface area contributed by atoms with Gasteiger partial charge in [-0.2, -0.15) is 5.10 Å². The largest absolute Gasteiger partial charge is 0.350 e. The number of nitrogens with one attached hydrogen (secondary N) is 2. The second-order valence-electron chi connectivity index (χ2n) is 5.71. The van der Waals surface area contributed by atoms with Crippen molar-refractivity contribution in [3.63, 3.8) is 0 Å². The SMILES string of the molecule is CN1c2ccccc2C(=O)NC1c1cn[nH]c1-c1cccc(Cl)c1. The fourth-order valence-electron chi connectivity index (χ4n) is 3.08. The van der Waals surface area contributed by atoms with Crippen molar-refractivity contribution in [3.05, 3.63) is 70.9 Å². The third-order valence-electron chi connectivity index (χ3n) is 4.26. The van der Waals surface area contributed by atoms with Crippen molar-refractivity contribution in [2.75, 3.05) is 11.9 Å². The average molecular weight is 339 g/mol. The number of halogens is 1. The lowest BCUT2D eigenvalue weighted by atomic mass is 10.0. The Bertz CT molecular complexity index is 921. The molecule has 0 aliphatic carbocycles. The molecule has 0 bridgehead atoms. The summed E-state index contributed by atoms with van der Waals surface area (Å²) in [5.41, 5.74) is 4.22. The number of amides is 1. The van der Waals surface area contributed by atoms with Crippen LogP contribution < -0.4 is 10.2 Å². The summed E-state index contributed by atoms with van der Waals surface area (Å²) in [6.07, 6.45) is 1.44. The molecule has 1 amide bonds. The third kappa shape index (κ3) is 2.34. The van der Waals surface area contributed by atoms with Gasteiger partial charge in [-0.05, 0) is 24.3 Å². The summed E-state index contributed by atoms with van der Waals surface area (Å²) >= 11 is 6.10. The molecule has 1 atom stereocenters. The molecule has 2 N–H and O–H groups in total. The smallest absolute Gasteiger partial charge is 0.255 e. The van der Waals surface area contributed by atoms with Gasteiger partial charge in [-0.1, -0.05) is 35.9 Å². The molecule has 1 aromatic heterocycles.